The van der Waals surface area contributed by atoms with Crippen molar-refractivity contribution >= 4 is 17.6 Å². The van der Waals surface area contributed by atoms with E-state index in [1.807, 2.05) is 36.1 Å². The molecule has 4 rings (SSSR count). The van der Waals surface area contributed by atoms with Crippen LogP contribution in [0.25, 0.3) is 0 Å². The SMILES string of the molecule is CN=C(NCc1ccccc1Cn1cccn1)NC1CC1c1cccc(Cl)c1. The van der Waals surface area contributed by atoms with Gasteiger partial charge in [0.15, 0.2) is 5.96 Å². The van der Waals surface area contributed by atoms with Crippen LogP contribution in [0.1, 0.15) is 29.0 Å². The summed E-state index contributed by atoms with van der Waals surface area (Å²) in [6.07, 6.45) is 4.88. The van der Waals surface area contributed by atoms with Crippen molar-refractivity contribution in [3.63, 3.8) is 0 Å². The molecule has 1 aliphatic rings. The van der Waals surface area contributed by atoms with E-state index in [1.165, 1.54) is 16.7 Å². The van der Waals surface area contributed by atoms with Crippen molar-refractivity contribution in [1.82, 2.24) is 20.4 Å². The lowest BCUT2D eigenvalue weighted by molar-refractivity contribution is 0.677. The normalized spacial score (nSPS) is 18.7. The third-order valence-electron chi connectivity index (χ3n) is 5.07. The van der Waals surface area contributed by atoms with E-state index in [0.717, 1.165) is 23.9 Å². The number of nitrogens with one attached hydrogen (secondary N) is 2. The molecule has 2 atom stereocenters. The van der Waals surface area contributed by atoms with Gasteiger partial charge in [-0.05, 0) is 41.3 Å². The summed E-state index contributed by atoms with van der Waals surface area (Å²) >= 11 is 6.12. The third kappa shape index (κ3) is 4.54. The molecular formula is C22H24ClN5. The number of aromatic nitrogens is 2. The van der Waals surface area contributed by atoms with E-state index in [4.69, 9.17) is 11.6 Å². The molecule has 144 valence electrons. The van der Waals surface area contributed by atoms with Gasteiger partial charge in [-0.1, -0.05) is 48.0 Å². The first kappa shape index (κ1) is 18.6. The zero-order chi connectivity index (χ0) is 19.3. The molecule has 0 saturated heterocycles. The Morgan fingerprint density at radius 2 is 2.04 bits per heavy atom. The molecule has 2 N–H and O–H groups in total. The van der Waals surface area contributed by atoms with E-state index in [1.54, 1.807) is 6.20 Å². The quantitative estimate of drug-likeness (QED) is 0.494. The fourth-order valence-corrected chi connectivity index (χ4v) is 3.66. The molecule has 1 aliphatic carbocycles. The molecule has 0 radical (unpaired) electrons. The first-order chi connectivity index (χ1) is 13.7. The van der Waals surface area contributed by atoms with Gasteiger partial charge in [-0.15, -0.1) is 0 Å². The van der Waals surface area contributed by atoms with Gasteiger partial charge in [0.2, 0.25) is 0 Å². The van der Waals surface area contributed by atoms with Crippen LogP contribution < -0.4 is 10.6 Å². The smallest absolute Gasteiger partial charge is 0.191 e. The second-order valence-corrected chi connectivity index (χ2v) is 7.48. The third-order valence-corrected chi connectivity index (χ3v) is 5.30. The maximum absolute atomic E-state index is 6.12. The molecule has 1 heterocycles. The Morgan fingerprint density at radius 3 is 2.79 bits per heavy atom. The Balaban J connectivity index is 1.34. The fourth-order valence-electron chi connectivity index (χ4n) is 3.46. The number of guanidine groups is 1. The molecule has 0 bridgehead atoms. The minimum absolute atomic E-state index is 0.393. The Labute approximate surface area is 170 Å². The molecule has 3 aromatic rings. The lowest BCUT2D eigenvalue weighted by Crippen LogP contribution is -2.38. The summed E-state index contributed by atoms with van der Waals surface area (Å²) in [4.78, 5) is 4.39. The number of rotatable bonds is 6. The van der Waals surface area contributed by atoms with Crippen LogP contribution in [0.3, 0.4) is 0 Å². The molecule has 1 saturated carbocycles. The summed E-state index contributed by atoms with van der Waals surface area (Å²) in [5.74, 6) is 1.31. The predicted octanol–water partition coefficient (Wildman–Crippen LogP) is 3.81. The van der Waals surface area contributed by atoms with Crippen molar-refractivity contribution in [1.29, 1.82) is 0 Å². The Kier molecular flexibility index (Phi) is 5.63. The van der Waals surface area contributed by atoms with Crippen LogP contribution in [0, 0.1) is 0 Å². The Hall–Kier alpha value is -2.79. The van der Waals surface area contributed by atoms with E-state index in [-0.39, 0.29) is 0 Å². The maximum atomic E-state index is 6.12. The summed E-state index contributed by atoms with van der Waals surface area (Å²) < 4.78 is 1.94. The largest absolute Gasteiger partial charge is 0.353 e. The van der Waals surface area contributed by atoms with Gasteiger partial charge in [-0.3, -0.25) is 9.67 Å². The number of hydrogen-bond acceptors (Lipinski definition) is 2. The lowest BCUT2D eigenvalue weighted by Gasteiger charge is -2.14. The minimum Gasteiger partial charge on any atom is -0.353 e. The monoisotopic (exact) mass is 393 g/mol. The van der Waals surface area contributed by atoms with Crippen LogP contribution in [0.5, 0.6) is 0 Å². The molecule has 0 spiro atoms. The van der Waals surface area contributed by atoms with Crippen molar-refractivity contribution in [3.8, 4) is 0 Å². The number of aliphatic imine (C=N–C) groups is 1. The molecule has 1 aromatic heterocycles. The maximum Gasteiger partial charge on any atom is 0.191 e. The van der Waals surface area contributed by atoms with E-state index in [9.17, 15) is 0 Å². The van der Waals surface area contributed by atoms with Crippen LogP contribution >= 0.6 is 11.6 Å². The fraction of sp³-hybridized carbons (Fsp3) is 0.273. The number of halogens is 1. The van der Waals surface area contributed by atoms with Gasteiger partial charge in [0.1, 0.15) is 0 Å². The highest BCUT2D eigenvalue weighted by Crippen LogP contribution is 2.41. The first-order valence-electron chi connectivity index (χ1n) is 9.50. The van der Waals surface area contributed by atoms with Gasteiger partial charge in [0, 0.05) is 43.0 Å². The van der Waals surface area contributed by atoms with Crippen molar-refractivity contribution < 1.29 is 0 Å². The van der Waals surface area contributed by atoms with Crippen molar-refractivity contribution in [2.24, 2.45) is 4.99 Å². The molecule has 6 heteroatoms. The van der Waals surface area contributed by atoms with Crippen molar-refractivity contribution in [3.05, 3.63) is 88.7 Å². The number of hydrogen-bond donors (Lipinski definition) is 2. The van der Waals surface area contributed by atoms with Crippen LogP contribution in [-0.4, -0.2) is 28.8 Å². The number of benzene rings is 2. The summed E-state index contributed by atoms with van der Waals surface area (Å²) in [7, 11) is 1.81. The highest BCUT2D eigenvalue weighted by atomic mass is 35.5. The second kappa shape index (κ2) is 8.48. The lowest BCUT2D eigenvalue weighted by atomic mass is 10.1. The van der Waals surface area contributed by atoms with Crippen LogP contribution in [0.2, 0.25) is 5.02 Å². The molecule has 0 amide bonds. The molecular weight excluding hydrogens is 370 g/mol. The standard InChI is InChI=1S/C22H24ClN5/c1-24-22(27-21-13-20(21)16-8-4-9-19(23)12-16)25-14-17-6-2-3-7-18(17)15-28-11-5-10-26-28/h2-12,20-21H,13-15H2,1H3,(H2,24,25,27). The Morgan fingerprint density at radius 1 is 1.18 bits per heavy atom. The van der Waals surface area contributed by atoms with Gasteiger partial charge in [0.05, 0.1) is 6.54 Å². The summed E-state index contributed by atoms with van der Waals surface area (Å²) in [6, 6.07) is 18.9. The molecule has 0 aliphatic heterocycles. The van der Waals surface area contributed by atoms with Gasteiger partial charge in [-0.25, -0.2) is 0 Å². The van der Waals surface area contributed by atoms with Gasteiger partial charge in [0.25, 0.3) is 0 Å². The first-order valence-corrected chi connectivity index (χ1v) is 9.87. The Bertz CT molecular complexity index is 951. The van der Waals surface area contributed by atoms with Crippen LogP contribution in [0.15, 0.2) is 72.0 Å². The molecule has 2 aromatic carbocycles. The van der Waals surface area contributed by atoms with Gasteiger partial charge >= 0.3 is 0 Å². The zero-order valence-corrected chi connectivity index (χ0v) is 16.6. The van der Waals surface area contributed by atoms with Gasteiger partial charge < -0.3 is 10.6 Å². The average molecular weight is 394 g/mol. The van der Waals surface area contributed by atoms with E-state index in [0.29, 0.717) is 18.5 Å². The van der Waals surface area contributed by atoms with E-state index >= 15 is 0 Å². The van der Waals surface area contributed by atoms with E-state index in [2.05, 4.69) is 57.1 Å². The topological polar surface area (TPSA) is 54.2 Å². The molecule has 1 fully saturated rings. The van der Waals surface area contributed by atoms with Crippen molar-refractivity contribution in [2.45, 2.75) is 31.5 Å². The summed E-state index contributed by atoms with van der Waals surface area (Å²) in [5, 5.41) is 12.1. The zero-order valence-electron chi connectivity index (χ0n) is 15.8. The highest BCUT2D eigenvalue weighted by molar-refractivity contribution is 6.30. The predicted molar refractivity (Wildman–Crippen MR) is 114 cm³/mol. The minimum atomic E-state index is 0.393. The van der Waals surface area contributed by atoms with Crippen LogP contribution in [0.4, 0.5) is 0 Å². The molecule has 2 unspecified atom stereocenters. The summed E-state index contributed by atoms with van der Waals surface area (Å²) in [6.45, 7) is 1.47. The summed E-state index contributed by atoms with van der Waals surface area (Å²) in [5.41, 5.74) is 3.77. The molecule has 28 heavy (non-hydrogen) atoms. The van der Waals surface area contributed by atoms with Crippen molar-refractivity contribution in [2.75, 3.05) is 7.05 Å². The second-order valence-electron chi connectivity index (χ2n) is 7.05. The average Bonchev–Trinajstić information content (AvgIpc) is 3.29. The van der Waals surface area contributed by atoms with Crippen LogP contribution in [-0.2, 0) is 13.1 Å². The highest BCUT2D eigenvalue weighted by Gasteiger charge is 2.39. The van der Waals surface area contributed by atoms with E-state index < -0.39 is 0 Å². The molecule has 5 nitrogen and oxygen atoms in total. The van der Waals surface area contributed by atoms with Gasteiger partial charge in [-0.2, -0.15) is 5.10 Å². The number of nitrogens with zero attached hydrogens (tertiary/aromatic N) is 3.